The lowest BCUT2D eigenvalue weighted by molar-refractivity contribution is -0.133. The van der Waals surface area contributed by atoms with E-state index in [0.717, 1.165) is 48.6 Å². The molecule has 2 heterocycles. The van der Waals surface area contributed by atoms with Gasteiger partial charge in [0.25, 0.3) is 0 Å². The smallest absolute Gasteiger partial charge is 0.338 e. The second-order valence-corrected chi connectivity index (χ2v) is 6.88. The number of halogens is 1. The minimum absolute atomic E-state index is 0.0287. The van der Waals surface area contributed by atoms with E-state index in [1.54, 1.807) is 6.20 Å². The summed E-state index contributed by atoms with van der Waals surface area (Å²) in [6.07, 6.45) is 3.67. The third-order valence-corrected chi connectivity index (χ3v) is 5.19. The van der Waals surface area contributed by atoms with E-state index in [1.807, 2.05) is 36.4 Å². The highest BCUT2D eigenvalue weighted by atomic mass is 35.5. The number of aromatic nitrogens is 1. The number of benzene rings is 1. The zero-order valence-electron chi connectivity index (χ0n) is 14.5. The molecule has 0 spiro atoms. The standard InChI is InChI=1S/C20H20ClN3O2/c1-26-20(25)17-11-13-3-2-6-23-18(13)19(24-9-7-22-8-10-24)15-5-4-14(21)12-16(15)17/h2-6,11-12,19,22H,7-10H2,1H3. The molecule has 0 radical (unpaired) electrons. The molecule has 134 valence electrons. The Labute approximate surface area is 157 Å². The van der Waals surface area contributed by atoms with E-state index in [4.69, 9.17) is 16.3 Å². The van der Waals surface area contributed by atoms with Gasteiger partial charge in [0.15, 0.2) is 0 Å². The zero-order chi connectivity index (χ0) is 18.1. The summed E-state index contributed by atoms with van der Waals surface area (Å²) < 4.78 is 5.04. The number of ether oxygens (including phenoxy) is 1. The van der Waals surface area contributed by atoms with Crippen LogP contribution in [0.1, 0.15) is 28.4 Å². The second-order valence-electron chi connectivity index (χ2n) is 6.45. The Morgan fingerprint density at radius 3 is 2.88 bits per heavy atom. The molecule has 1 aromatic carbocycles. The topological polar surface area (TPSA) is 54.5 Å². The number of nitrogens with zero attached hydrogens (tertiary/aromatic N) is 2. The molecule has 1 fully saturated rings. The number of hydrogen-bond acceptors (Lipinski definition) is 5. The first-order chi connectivity index (χ1) is 12.7. The summed E-state index contributed by atoms with van der Waals surface area (Å²) in [5.74, 6) is -0.371. The third-order valence-electron chi connectivity index (χ3n) is 4.95. The third kappa shape index (κ3) is 3.03. The maximum absolute atomic E-state index is 12.5. The molecule has 26 heavy (non-hydrogen) atoms. The maximum atomic E-state index is 12.5. The lowest BCUT2D eigenvalue weighted by Gasteiger charge is -2.35. The van der Waals surface area contributed by atoms with Crippen molar-refractivity contribution in [2.45, 2.75) is 6.04 Å². The first-order valence-corrected chi connectivity index (χ1v) is 9.06. The first-order valence-electron chi connectivity index (χ1n) is 8.68. The van der Waals surface area contributed by atoms with E-state index < -0.39 is 0 Å². The summed E-state index contributed by atoms with van der Waals surface area (Å²) in [7, 11) is 1.40. The number of rotatable bonds is 2. The van der Waals surface area contributed by atoms with Crippen molar-refractivity contribution in [3.8, 4) is 0 Å². The van der Waals surface area contributed by atoms with Crippen molar-refractivity contribution in [3.05, 3.63) is 63.9 Å². The van der Waals surface area contributed by atoms with Crippen LogP contribution in [0.15, 0.2) is 36.5 Å². The molecule has 1 aliphatic heterocycles. The van der Waals surface area contributed by atoms with E-state index >= 15 is 0 Å². The van der Waals surface area contributed by atoms with Crippen molar-refractivity contribution in [1.82, 2.24) is 15.2 Å². The fourth-order valence-electron chi connectivity index (χ4n) is 3.75. The molecule has 4 rings (SSSR count). The van der Waals surface area contributed by atoms with Gasteiger partial charge in [-0.1, -0.05) is 23.7 Å². The number of pyridine rings is 1. The molecule has 1 unspecified atom stereocenters. The summed E-state index contributed by atoms with van der Waals surface area (Å²) in [6, 6.07) is 9.58. The highest BCUT2D eigenvalue weighted by Crippen LogP contribution is 2.40. The van der Waals surface area contributed by atoms with Crippen molar-refractivity contribution in [3.63, 3.8) is 0 Å². The van der Waals surface area contributed by atoms with Gasteiger partial charge in [0.2, 0.25) is 0 Å². The Bertz CT molecular complexity index is 875. The van der Waals surface area contributed by atoms with Gasteiger partial charge in [-0.05, 0) is 41.0 Å². The van der Waals surface area contributed by atoms with E-state index in [1.165, 1.54) is 7.11 Å². The fourth-order valence-corrected chi connectivity index (χ4v) is 3.92. The molecular weight excluding hydrogens is 350 g/mol. The number of esters is 1. The number of nitrogens with one attached hydrogen (secondary N) is 1. The van der Waals surface area contributed by atoms with Gasteiger partial charge in [0.05, 0.1) is 24.4 Å². The Morgan fingerprint density at radius 2 is 2.12 bits per heavy atom. The van der Waals surface area contributed by atoms with Crippen LogP contribution >= 0.6 is 11.6 Å². The predicted molar refractivity (Wildman–Crippen MR) is 102 cm³/mol. The van der Waals surface area contributed by atoms with Crippen LogP contribution in [-0.4, -0.2) is 49.1 Å². The molecule has 2 aromatic rings. The Hall–Kier alpha value is -2.21. The van der Waals surface area contributed by atoms with Crippen LogP contribution in [0.5, 0.6) is 0 Å². The van der Waals surface area contributed by atoms with Crippen LogP contribution in [-0.2, 0) is 9.53 Å². The Morgan fingerprint density at radius 1 is 1.31 bits per heavy atom. The van der Waals surface area contributed by atoms with Gasteiger partial charge in [-0.2, -0.15) is 0 Å². The summed E-state index contributed by atoms with van der Waals surface area (Å²) >= 11 is 6.27. The molecule has 0 bridgehead atoms. The van der Waals surface area contributed by atoms with Gasteiger partial charge < -0.3 is 10.1 Å². The minimum Gasteiger partial charge on any atom is -0.465 e. The monoisotopic (exact) mass is 369 g/mol. The van der Waals surface area contributed by atoms with Crippen molar-refractivity contribution in [1.29, 1.82) is 0 Å². The Balaban J connectivity index is 1.96. The van der Waals surface area contributed by atoms with Gasteiger partial charge in [-0.3, -0.25) is 9.88 Å². The number of carbonyl (C=O) groups is 1. The number of piperazine rings is 1. The average molecular weight is 370 g/mol. The lowest BCUT2D eigenvalue weighted by atomic mass is 9.93. The Kier molecular flexibility index (Phi) is 4.76. The molecule has 1 atom stereocenters. The average Bonchev–Trinajstić information content (AvgIpc) is 2.82. The fraction of sp³-hybridized carbons (Fsp3) is 0.300. The van der Waals surface area contributed by atoms with Gasteiger partial charge in [0, 0.05) is 37.4 Å². The van der Waals surface area contributed by atoms with E-state index in [-0.39, 0.29) is 12.0 Å². The largest absolute Gasteiger partial charge is 0.465 e. The van der Waals surface area contributed by atoms with Gasteiger partial charge >= 0.3 is 5.97 Å². The maximum Gasteiger partial charge on any atom is 0.338 e. The van der Waals surface area contributed by atoms with Crippen molar-refractivity contribution in [2.24, 2.45) is 0 Å². The molecule has 1 aromatic heterocycles. The first kappa shape index (κ1) is 17.2. The highest BCUT2D eigenvalue weighted by molar-refractivity contribution is 6.31. The second kappa shape index (κ2) is 7.19. The number of hydrogen-bond donors (Lipinski definition) is 1. The highest BCUT2D eigenvalue weighted by Gasteiger charge is 2.33. The number of carbonyl (C=O) groups excluding carboxylic acids is 1. The molecule has 1 saturated heterocycles. The van der Waals surface area contributed by atoms with Crippen LogP contribution in [0.2, 0.25) is 5.02 Å². The summed E-state index contributed by atoms with van der Waals surface area (Å²) in [5.41, 5.74) is 4.24. The summed E-state index contributed by atoms with van der Waals surface area (Å²) in [5, 5.41) is 3.99. The summed E-state index contributed by atoms with van der Waals surface area (Å²) in [6.45, 7) is 3.68. The minimum atomic E-state index is -0.371. The van der Waals surface area contributed by atoms with Crippen molar-refractivity contribution < 1.29 is 9.53 Å². The van der Waals surface area contributed by atoms with Crippen molar-refractivity contribution >= 4 is 29.2 Å². The van der Waals surface area contributed by atoms with Crippen LogP contribution in [0.4, 0.5) is 0 Å². The summed E-state index contributed by atoms with van der Waals surface area (Å²) in [4.78, 5) is 19.6. The molecule has 5 nitrogen and oxygen atoms in total. The predicted octanol–water partition coefficient (Wildman–Crippen LogP) is 2.76. The number of methoxy groups -OCH3 is 1. The van der Waals surface area contributed by atoms with Gasteiger partial charge in [-0.15, -0.1) is 0 Å². The quantitative estimate of drug-likeness (QED) is 0.825. The normalized spacial score (nSPS) is 19.8. The zero-order valence-corrected chi connectivity index (χ0v) is 15.3. The van der Waals surface area contributed by atoms with E-state index in [2.05, 4.69) is 15.2 Å². The van der Waals surface area contributed by atoms with Crippen molar-refractivity contribution in [2.75, 3.05) is 33.3 Å². The van der Waals surface area contributed by atoms with Gasteiger partial charge in [0.1, 0.15) is 0 Å². The van der Waals surface area contributed by atoms with Crippen LogP contribution in [0.25, 0.3) is 11.6 Å². The molecule has 1 aliphatic carbocycles. The number of fused-ring (bicyclic) bond motifs is 2. The van der Waals surface area contributed by atoms with E-state index in [0.29, 0.717) is 10.6 Å². The SMILES string of the molecule is COC(=O)C1=Cc2cccnc2C(N2CCNCC2)c2ccc(Cl)cc21. The molecule has 0 amide bonds. The molecule has 6 heteroatoms. The molecular formula is C20H20ClN3O2. The molecule has 0 saturated carbocycles. The molecule has 1 N–H and O–H groups in total. The van der Waals surface area contributed by atoms with E-state index in [9.17, 15) is 4.79 Å². The molecule has 2 aliphatic rings. The van der Waals surface area contributed by atoms with Crippen LogP contribution < -0.4 is 5.32 Å². The van der Waals surface area contributed by atoms with Gasteiger partial charge in [-0.25, -0.2) is 4.79 Å². The lowest BCUT2D eigenvalue weighted by Crippen LogP contribution is -2.45. The van der Waals surface area contributed by atoms with Crippen LogP contribution in [0.3, 0.4) is 0 Å². The van der Waals surface area contributed by atoms with Crippen LogP contribution in [0, 0.1) is 0 Å².